The number of H-pyrrole nitrogens is 1. The van der Waals surface area contributed by atoms with Crippen LogP contribution in [0.2, 0.25) is 0 Å². The quantitative estimate of drug-likeness (QED) is 0.771. The summed E-state index contributed by atoms with van der Waals surface area (Å²) in [7, 11) is 1.49. The van der Waals surface area contributed by atoms with Gasteiger partial charge in [-0.1, -0.05) is 11.6 Å². The minimum Gasteiger partial charge on any atom is -0.507 e. The number of phenols is 1. The lowest BCUT2D eigenvalue weighted by Gasteiger charge is -2.03. The van der Waals surface area contributed by atoms with Gasteiger partial charge < -0.3 is 9.84 Å². The highest BCUT2D eigenvalue weighted by molar-refractivity contribution is 5.72. The van der Waals surface area contributed by atoms with Crippen LogP contribution in [0.4, 0.5) is 4.39 Å². The van der Waals surface area contributed by atoms with Crippen molar-refractivity contribution in [1.29, 1.82) is 0 Å². The molecule has 3 rings (SSSR count). The zero-order valence-electron chi connectivity index (χ0n) is 12.2. The van der Waals surface area contributed by atoms with Gasteiger partial charge in [0.2, 0.25) is 0 Å². The van der Waals surface area contributed by atoms with Gasteiger partial charge in [-0.15, -0.1) is 0 Å². The molecule has 0 aliphatic heterocycles. The van der Waals surface area contributed by atoms with Gasteiger partial charge in [-0.05, 0) is 37.3 Å². The van der Waals surface area contributed by atoms with E-state index in [1.807, 2.05) is 19.1 Å². The van der Waals surface area contributed by atoms with Gasteiger partial charge in [0, 0.05) is 17.2 Å². The van der Waals surface area contributed by atoms with E-state index in [0.29, 0.717) is 28.3 Å². The molecule has 0 unspecified atom stereocenters. The lowest BCUT2D eigenvalue weighted by Crippen LogP contribution is -1.88. The van der Waals surface area contributed by atoms with E-state index in [4.69, 9.17) is 4.74 Å². The van der Waals surface area contributed by atoms with Crippen LogP contribution in [0.3, 0.4) is 0 Å². The molecule has 0 fully saturated rings. The molecule has 112 valence electrons. The second-order valence-electron chi connectivity index (χ2n) is 5.03. The van der Waals surface area contributed by atoms with E-state index in [1.165, 1.54) is 13.2 Å². The fourth-order valence-corrected chi connectivity index (χ4v) is 2.29. The standard InChI is InChI=1S/C17H15FN2O2/c1-10-3-6-17(21)13(7-10)16-9-15(19-20-16)12-5-4-11(22-2)8-14(12)18/h3-9,21H,1-2H3,(H,19,20). The molecule has 0 bridgehead atoms. The topological polar surface area (TPSA) is 58.1 Å². The third-order valence-corrected chi connectivity index (χ3v) is 3.47. The molecular formula is C17H15FN2O2. The van der Waals surface area contributed by atoms with E-state index < -0.39 is 5.82 Å². The summed E-state index contributed by atoms with van der Waals surface area (Å²) >= 11 is 0. The predicted molar refractivity (Wildman–Crippen MR) is 82.4 cm³/mol. The van der Waals surface area contributed by atoms with Gasteiger partial charge in [0.25, 0.3) is 0 Å². The summed E-state index contributed by atoms with van der Waals surface area (Å²) in [6, 6.07) is 11.6. The number of hydrogen-bond acceptors (Lipinski definition) is 3. The van der Waals surface area contributed by atoms with Crippen molar-refractivity contribution in [3.05, 3.63) is 53.8 Å². The lowest BCUT2D eigenvalue weighted by atomic mass is 10.1. The zero-order valence-corrected chi connectivity index (χ0v) is 12.2. The Balaban J connectivity index is 2.02. The number of nitrogens with one attached hydrogen (secondary N) is 1. The average molecular weight is 298 g/mol. The SMILES string of the molecule is COc1ccc(-c2cc(-c3cc(C)ccc3O)n[nH]2)c(F)c1. The Hall–Kier alpha value is -2.82. The number of aromatic hydroxyl groups is 1. The minimum atomic E-state index is -0.400. The molecule has 5 heteroatoms. The third-order valence-electron chi connectivity index (χ3n) is 3.47. The summed E-state index contributed by atoms with van der Waals surface area (Å²) in [4.78, 5) is 0. The maximum atomic E-state index is 14.1. The first-order valence-electron chi connectivity index (χ1n) is 6.78. The van der Waals surface area contributed by atoms with E-state index in [9.17, 15) is 9.50 Å². The normalized spacial score (nSPS) is 10.7. The van der Waals surface area contributed by atoms with Crippen molar-refractivity contribution < 1.29 is 14.2 Å². The second-order valence-corrected chi connectivity index (χ2v) is 5.03. The van der Waals surface area contributed by atoms with Crippen molar-refractivity contribution in [1.82, 2.24) is 10.2 Å². The van der Waals surface area contributed by atoms with Crippen LogP contribution in [0.5, 0.6) is 11.5 Å². The van der Waals surface area contributed by atoms with E-state index >= 15 is 0 Å². The molecule has 3 aromatic rings. The maximum Gasteiger partial charge on any atom is 0.136 e. The molecule has 0 saturated carbocycles. The first kappa shape index (κ1) is 14.1. The molecule has 2 N–H and O–H groups in total. The van der Waals surface area contributed by atoms with Crippen LogP contribution < -0.4 is 4.74 Å². The molecule has 1 heterocycles. The average Bonchev–Trinajstić information content (AvgIpc) is 2.99. The summed E-state index contributed by atoms with van der Waals surface area (Å²) in [6.07, 6.45) is 0. The number of methoxy groups -OCH3 is 1. The molecule has 0 saturated heterocycles. The Kier molecular flexibility index (Phi) is 3.55. The van der Waals surface area contributed by atoms with Crippen molar-refractivity contribution >= 4 is 0 Å². The number of phenolic OH excluding ortho intramolecular Hbond substituents is 1. The van der Waals surface area contributed by atoms with Gasteiger partial charge >= 0.3 is 0 Å². The predicted octanol–water partition coefficient (Wildman–Crippen LogP) is 3.91. The molecule has 0 aliphatic carbocycles. The molecule has 22 heavy (non-hydrogen) atoms. The smallest absolute Gasteiger partial charge is 0.136 e. The Morgan fingerprint density at radius 2 is 1.91 bits per heavy atom. The minimum absolute atomic E-state index is 0.138. The molecule has 0 aliphatic rings. The van der Waals surface area contributed by atoms with Crippen molar-refractivity contribution in [3.8, 4) is 34.0 Å². The van der Waals surface area contributed by atoms with E-state index in [2.05, 4.69) is 10.2 Å². The van der Waals surface area contributed by atoms with Crippen LogP contribution in [-0.2, 0) is 0 Å². The van der Waals surface area contributed by atoms with Gasteiger partial charge in [-0.25, -0.2) is 4.39 Å². The van der Waals surface area contributed by atoms with Crippen LogP contribution >= 0.6 is 0 Å². The van der Waals surface area contributed by atoms with Gasteiger partial charge in [0.05, 0.1) is 18.5 Å². The highest BCUT2D eigenvalue weighted by Gasteiger charge is 2.13. The Bertz CT molecular complexity index is 827. The number of nitrogens with zero attached hydrogens (tertiary/aromatic N) is 1. The first-order chi connectivity index (χ1) is 10.6. The molecule has 1 aromatic heterocycles. The number of aryl methyl sites for hydroxylation is 1. The van der Waals surface area contributed by atoms with Crippen molar-refractivity contribution in [2.24, 2.45) is 0 Å². The zero-order chi connectivity index (χ0) is 15.7. The number of aromatic nitrogens is 2. The van der Waals surface area contributed by atoms with Crippen molar-refractivity contribution in [2.45, 2.75) is 6.92 Å². The van der Waals surface area contributed by atoms with E-state index in [1.54, 1.807) is 24.3 Å². The number of rotatable bonds is 3. The number of halogens is 1. The molecule has 0 atom stereocenters. The fraction of sp³-hybridized carbons (Fsp3) is 0.118. The van der Waals surface area contributed by atoms with Gasteiger partial charge in [0.15, 0.2) is 0 Å². The Labute approximate surface area is 127 Å². The summed E-state index contributed by atoms with van der Waals surface area (Å²) in [5.41, 5.74) is 3.11. The lowest BCUT2D eigenvalue weighted by molar-refractivity contribution is 0.411. The first-order valence-corrected chi connectivity index (χ1v) is 6.78. The fourth-order valence-electron chi connectivity index (χ4n) is 2.29. The summed E-state index contributed by atoms with van der Waals surface area (Å²) < 4.78 is 19.1. The van der Waals surface area contributed by atoms with Crippen molar-refractivity contribution in [3.63, 3.8) is 0 Å². The second kappa shape index (κ2) is 5.52. The number of benzene rings is 2. The van der Waals surface area contributed by atoms with Crippen LogP contribution in [0.15, 0.2) is 42.5 Å². The maximum absolute atomic E-state index is 14.1. The Morgan fingerprint density at radius 3 is 2.64 bits per heavy atom. The number of aromatic amines is 1. The summed E-state index contributed by atoms with van der Waals surface area (Å²) in [5.74, 6) is 0.194. The molecular weight excluding hydrogens is 283 g/mol. The molecule has 2 aromatic carbocycles. The molecule has 0 radical (unpaired) electrons. The summed E-state index contributed by atoms with van der Waals surface area (Å²) in [6.45, 7) is 1.93. The highest BCUT2D eigenvalue weighted by atomic mass is 19.1. The molecule has 0 amide bonds. The van der Waals surface area contributed by atoms with Gasteiger partial charge in [-0.3, -0.25) is 5.10 Å². The van der Waals surface area contributed by atoms with Crippen molar-refractivity contribution in [2.75, 3.05) is 7.11 Å². The van der Waals surface area contributed by atoms with E-state index in [-0.39, 0.29) is 5.75 Å². The number of ether oxygens (including phenoxy) is 1. The van der Waals surface area contributed by atoms with Gasteiger partial charge in [-0.2, -0.15) is 5.10 Å². The van der Waals surface area contributed by atoms with E-state index in [0.717, 1.165) is 5.56 Å². The number of hydrogen-bond donors (Lipinski definition) is 2. The molecule has 0 spiro atoms. The summed E-state index contributed by atoms with van der Waals surface area (Å²) in [5, 5.41) is 16.9. The van der Waals surface area contributed by atoms with Crippen LogP contribution in [-0.4, -0.2) is 22.4 Å². The molecule has 4 nitrogen and oxygen atoms in total. The highest BCUT2D eigenvalue weighted by Crippen LogP contribution is 2.32. The van der Waals surface area contributed by atoms with Gasteiger partial charge in [0.1, 0.15) is 17.3 Å². The Morgan fingerprint density at radius 1 is 1.09 bits per heavy atom. The van der Waals surface area contributed by atoms with Crippen LogP contribution in [0.1, 0.15) is 5.56 Å². The van der Waals surface area contributed by atoms with Crippen LogP contribution in [0, 0.1) is 12.7 Å². The third kappa shape index (κ3) is 2.53. The van der Waals surface area contributed by atoms with Crippen LogP contribution in [0.25, 0.3) is 22.5 Å². The largest absolute Gasteiger partial charge is 0.507 e. The monoisotopic (exact) mass is 298 g/mol.